The predicted molar refractivity (Wildman–Crippen MR) is 262 cm³/mol. The van der Waals surface area contributed by atoms with Gasteiger partial charge in [0.2, 0.25) is 0 Å². The van der Waals surface area contributed by atoms with Gasteiger partial charge in [0.25, 0.3) is 0 Å². The SMILES string of the molecule is CCCCCCCCCCCCOc1ccc(OC(=O)c2ccc(OC(=O)c3cccc(-c4ccc(OC(=O)c5ccc(OCCCCCCCCC(F)(F)C(F)(F)C(F)(F)C(F)(F)F)cc5)cc4)c3)cc2)cc1. The molecule has 0 aliphatic heterocycles. The minimum Gasteiger partial charge on any atom is -0.494 e. The van der Waals surface area contributed by atoms with Crippen LogP contribution in [0, 0.1) is 0 Å². The average Bonchev–Trinajstić information content (AvgIpc) is 3.38. The predicted octanol–water partition coefficient (Wildman–Crippen LogP) is 16.9. The van der Waals surface area contributed by atoms with Crippen LogP contribution < -0.4 is 23.7 Å². The van der Waals surface area contributed by atoms with Gasteiger partial charge in [-0.2, -0.15) is 39.5 Å². The number of carbonyl (C=O) groups is 3. The van der Waals surface area contributed by atoms with Gasteiger partial charge in [-0.3, -0.25) is 0 Å². The molecule has 0 heterocycles. The number of halogens is 9. The van der Waals surface area contributed by atoms with Crippen molar-refractivity contribution in [2.45, 2.75) is 140 Å². The molecule has 0 unspecified atom stereocenters. The van der Waals surface area contributed by atoms with Crippen LogP contribution in [-0.2, 0) is 0 Å². The van der Waals surface area contributed by atoms with E-state index in [0.717, 1.165) is 18.4 Å². The average molecular weight is 1050 g/mol. The van der Waals surface area contributed by atoms with Crippen LogP contribution in [0.3, 0.4) is 0 Å². The van der Waals surface area contributed by atoms with Crippen LogP contribution in [0.15, 0.2) is 121 Å². The monoisotopic (exact) mass is 1040 g/mol. The van der Waals surface area contributed by atoms with Gasteiger partial charge in [0.15, 0.2) is 0 Å². The van der Waals surface area contributed by atoms with Gasteiger partial charge in [-0.1, -0.05) is 115 Å². The summed E-state index contributed by atoms with van der Waals surface area (Å²) in [6.07, 6.45) is 4.84. The first-order chi connectivity index (χ1) is 35.3. The molecule has 0 bridgehead atoms. The number of hydrogen-bond donors (Lipinski definition) is 0. The van der Waals surface area contributed by atoms with Crippen molar-refractivity contribution in [1.29, 1.82) is 0 Å². The Morgan fingerprint density at radius 2 is 0.743 bits per heavy atom. The van der Waals surface area contributed by atoms with E-state index in [1.54, 1.807) is 84.9 Å². The zero-order valence-corrected chi connectivity index (χ0v) is 41.1. The number of alkyl halides is 9. The zero-order valence-electron chi connectivity index (χ0n) is 41.1. The van der Waals surface area contributed by atoms with E-state index in [1.807, 2.05) is 0 Å². The molecule has 0 spiro atoms. The molecular formula is C57H61F9O8. The highest BCUT2D eigenvalue weighted by molar-refractivity contribution is 5.94. The normalized spacial score (nSPS) is 12.0. The van der Waals surface area contributed by atoms with Crippen molar-refractivity contribution >= 4 is 17.9 Å². The Labute approximate surface area is 425 Å². The standard InChI is InChI=1S/C57H61F9O8/c1-2-3-4-5-6-7-8-10-13-16-39-71-47-33-35-50(36-34-47)73-52(68)43-25-31-49(32-26-43)74-53(69)45-20-18-19-44(40-45)41-21-29-48(30-22-41)72-51(67)42-23-27-46(28-24-42)70-38-17-14-11-9-12-15-37-54(58,59)55(60,61)56(62,63)57(64,65)66/h18-36,40H,2-17,37-39H2,1H3. The van der Waals surface area contributed by atoms with Crippen LogP contribution in [0.4, 0.5) is 39.5 Å². The quantitative estimate of drug-likeness (QED) is 0.0187. The van der Waals surface area contributed by atoms with Gasteiger partial charge < -0.3 is 23.7 Å². The zero-order chi connectivity index (χ0) is 53.6. The van der Waals surface area contributed by atoms with E-state index in [9.17, 15) is 53.9 Å². The molecule has 400 valence electrons. The first-order valence-corrected chi connectivity index (χ1v) is 24.9. The highest BCUT2D eigenvalue weighted by atomic mass is 19.4. The smallest absolute Gasteiger partial charge is 0.460 e. The van der Waals surface area contributed by atoms with Gasteiger partial charge in [0.1, 0.15) is 28.7 Å². The minimum atomic E-state index is -6.87. The number of esters is 3. The van der Waals surface area contributed by atoms with Gasteiger partial charge in [-0.05, 0) is 127 Å². The van der Waals surface area contributed by atoms with Crippen LogP contribution in [0.5, 0.6) is 28.7 Å². The van der Waals surface area contributed by atoms with Crippen molar-refractivity contribution in [1.82, 2.24) is 0 Å². The van der Waals surface area contributed by atoms with Gasteiger partial charge in [0, 0.05) is 6.42 Å². The second-order valence-corrected chi connectivity index (χ2v) is 17.9. The molecule has 0 aliphatic carbocycles. The lowest BCUT2D eigenvalue weighted by atomic mass is 9.98. The minimum absolute atomic E-state index is 0.0761. The van der Waals surface area contributed by atoms with Crippen molar-refractivity contribution in [2.24, 2.45) is 0 Å². The van der Waals surface area contributed by atoms with E-state index in [2.05, 4.69) is 6.92 Å². The first kappa shape index (κ1) is 58.4. The Morgan fingerprint density at radius 3 is 1.19 bits per heavy atom. The molecule has 5 aromatic rings. The maximum absolute atomic E-state index is 13.7. The largest absolute Gasteiger partial charge is 0.494 e. The second-order valence-electron chi connectivity index (χ2n) is 17.9. The van der Waals surface area contributed by atoms with Crippen LogP contribution >= 0.6 is 0 Å². The lowest BCUT2D eigenvalue weighted by Crippen LogP contribution is -2.60. The molecule has 0 fully saturated rings. The third-order valence-corrected chi connectivity index (χ3v) is 12.1. The van der Waals surface area contributed by atoms with E-state index in [-0.39, 0.29) is 47.6 Å². The fraction of sp³-hybridized carbons (Fsp3) is 0.421. The molecule has 0 aliphatic rings. The number of carbonyl (C=O) groups excluding carboxylic acids is 3. The molecule has 74 heavy (non-hydrogen) atoms. The van der Waals surface area contributed by atoms with Crippen LogP contribution in [-0.4, -0.2) is 55.1 Å². The van der Waals surface area contributed by atoms with Gasteiger partial charge in [-0.15, -0.1) is 0 Å². The van der Waals surface area contributed by atoms with Gasteiger partial charge >= 0.3 is 41.9 Å². The van der Waals surface area contributed by atoms with E-state index < -0.39 is 54.7 Å². The molecule has 0 amide bonds. The molecule has 0 N–H and O–H groups in total. The molecule has 17 heteroatoms. The summed E-state index contributed by atoms with van der Waals surface area (Å²) >= 11 is 0. The Kier molecular flexibility index (Phi) is 22.3. The molecular weight excluding hydrogens is 984 g/mol. The summed E-state index contributed by atoms with van der Waals surface area (Å²) < 4.78 is 145. The van der Waals surface area contributed by atoms with Crippen molar-refractivity contribution in [3.63, 3.8) is 0 Å². The molecule has 8 nitrogen and oxygen atoms in total. The number of ether oxygens (including phenoxy) is 5. The molecule has 0 saturated heterocycles. The maximum Gasteiger partial charge on any atom is 0.460 e. The van der Waals surface area contributed by atoms with E-state index in [0.29, 0.717) is 48.7 Å². The Hall–Kier alpha value is -6.52. The topological polar surface area (TPSA) is 97.4 Å². The highest BCUT2D eigenvalue weighted by Gasteiger charge is 2.81. The number of unbranched alkanes of at least 4 members (excludes halogenated alkanes) is 14. The summed E-state index contributed by atoms with van der Waals surface area (Å²) in [7, 11) is 0. The van der Waals surface area contributed by atoms with Crippen molar-refractivity contribution in [3.05, 3.63) is 138 Å². The van der Waals surface area contributed by atoms with Crippen LogP contribution in [0.25, 0.3) is 11.1 Å². The summed E-state index contributed by atoms with van der Waals surface area (Å²) in [6.45, 7) is 3.09. The molecule has 5 aromatic carbocycles. The lowest BCUT2D eigenvalue weighted by molar-refractivity contribution is -0.396. The lowest BCUT2D eigenvalue weighted by Gasteiger charge is -2.33. The summed E-state index contributed by atoms with van der Waals surface area (Å²) in [6, 6.07) is 32.4. The van der Waals surface area contributed by atoms with Gasteiger partial charge in [0.05, 0.1) is 29.9 Å². The summed E-state index contributed by atoms with van der Waals surface area (Å²) in [5.74, 6) is -18.9. The van der Waals surface area contributed by atoms with Crippen LogP contribution in [0.1, 0.15) is 147 Å². The van der Waals surface area contributed by atoms with E-state index >= 15 is 0 Å². The second kappa shape index (κ2) is 28.2. The molecule has 5 rings (SSSR count). The number of benzene rings is 5. The van der Waals surface area contributed by atoms with Crippen molar-refractivity contribution in [3.8, 4) is 39.9 Å². The fourth-order valence-electron chi connectivity index (χ4n) is 7.68. The van der Waals surface area contributed by atoms with Crippen molar-refractivity contribution in [2.75, 3.05) is 13.2 Å². The highest BCUT2D eigenvalue weighted by Crippen LogP contribution is 2.54. The summed E-state index contributed by atoms with van der Waals surface area (Å²) in [5, 5.41) is 0. The molecule has 0 aromatic heterocycles. The molecule has 0 radical (unpaired) electrons. The summed E-state index contributed by atoms with van der Waals surface area (Å²) in [5.41, 5.74) is 2.18. The Balaban J connectivity index is 0.971. The number of rotatable bonds is 31. The van der Waals surface area contributed by atoms with Crippen molar-refractivity contribution < 1.29 is 77.6 Å². The molecule has 0 saturated carbocycles. The number of hydrogen-bond acceptors (Lipinski definition) is 8. The third kappa shape index (κ3) is 17.6. The van der Waals surface area contributed by atoms with Gasteiger partial charge in [-0.25, -0.2) is 14.4 Å². The first-order valence-electron chi connectivity index (χ1n) is 24.9. The maximum atomic E-state index is 13.7. The Morgan fingerprint density at radius 1 is 0.378 bits per heavy atom. The van der Waals surface area contributed by atoms with E-state index in [4.69, 9.17) is 23.7 Å². The summed E-state index contributed by atoms with van der Waals surface area (Å²) in [4.78, 5) is 38.8. The molecule has 0 atom stereocenters. The van der Waals surface area contributed by atoms with Crippen LogP contribution in [0.2, 0.25) is 0 Å². The fourth-order valence-corrected chi connectivity index (χ4v) is 7.68. The van der Waals surface area contributed by atoms with E-state index in [1.165, 1.54) is 87.8 Å². The Bertz CT molecular complexity index is 2490. The third-order valence-electron chi connectivity index (χ3n) is 12.1.